The van der Waals surface area contributed by atoms with Crippen LogP contribution >= 0.6 is 0 Å². The van der Waals surface area contributed by atoms with Crippen LogP contribution in [0.4, 0.5) is 8.78 Å². The van der Waals surface area contributed by atoms with Gasteiger partial charge in [0.2, 0.25) is 0 Å². The van der Waals surface area contributed by atoms with E-state index >= 15 is 0 Å². The minimum Gasteiger partial charge on any atom is -0.377 e. The first-order chi connectivity index (χ1) is 14.0. The highest BCUT2D eigenvalue weighted by Crippen LogP contribution is 2.31. The Kier molecular flexibility index (Phi) is 7.81. The molecule has 0 heterocycles. The second-order valence-corrected chi connectivity index (χ2v) is 9.09. The van der Waals surface area contributed by atoms with E-state index in [-0.39, 0.29) is 11.6 Å². The number of ether oxygens (including phenoxy) is 1. The zero-order valence-corrected chi connectivity index (χ0v) is 17.6. The SMILES string of the molecule is CN(C)CCCOCc1ccc([S+](c2ccc(F)cc2)c2ccc(F)cc2)cc1. The van der Waals surface area contributed by atoms with E-state index < -0.39 is 10.9 Å². The van der Waals surface area contributed by atoms with Crippen molar-refractivity contribution in [1.29, 1.82) is 0 Å². The summed E-state index contributed by atoms with van der Waals surface area (Å²) >= 11 is 0. The first-order valence-electron chi connectivity index (χ1n) is 9.60. The molecule has 0 N–H and O–H groups in total. The second-order valence-electron chi connectivity index (χ2n) is 7.07. The van der Waals surface area contributed by atoms with Crippen molar-refractivity contribution in [3.05, 3.63) is 90.0 Å². The van der Waals surface area contributed by atoms with E-state index in [9.17, 15) is 8.78 Å². The molecule has 0 aliphatic carbocycles. The Morgan fingerprint density at radius 3 is 1.62 bits per heavy atom. The Labute approximate surface area is 174 Å². The molecule has 0 bridgehead atoms. The van der Waals surface area contributed by atoms with Gasteiger partial charge in [0.25, 0.3) is 0 Å². The molecule has 0 spiro atoms. The Morgan fingerprint density at radius 2 is 1.17 bits per heavy atom. The quantitative estimate of drug-likeness (QED) is 0.337. The maximum Gasteiger partial charge on any atom is 0.166 e. The summed E-state index contributed by atoms with van der Waals surface area (Å²) in [7, 11) is 3.67. The van der Waals surface area contributed by atoms with Crippen LogP contribution in [-0.4, -0.2) is 32.1 Å². The van der Waals surface area contributed by atoms with E-state index in [1.807, 2.05) is 0 Å². The molecule has 0 fully saturated rings. The zero-order valence-electron chi connectivity index (χ0n) is 16.8. The number of nitrogens with zero attached hydrogens (tertiary/aromatic N) is 1. The molecule has 3 rings (SSSR count). The largest absolute Gasteiger partial charge is 0.377 e. The standard InChI is InChI=1S/C24H26F2NOS/c1-27(2)16-3-17-28-18-19-4-10-22(11-5-19)29(23-12-6-20(25)7-13-23)24-14-8-21(26)9-15-24/h4-15H,3,16-18H2,1-2H3/q+1. The molecule has 0 atom stereocenters. The van der Waals surface area contributed by atoms with E-state index in [1.54, 1.807) is 24.3 Å². The molecule has 29 heavy (non-hydrogen) atoms. The van der Waals surface area contributed by atoms with Crippen LogP contribution in [0.1, 0.15) is 12.0 Å². The van der Waals surface area contributed by atoms with Crippen LogP contribution in [0.3, 0.4) is 0 Å². The predicted molar refractivity (Wildman–Crippen MR) is 114 cm³/mol. The third kappa shape index (κ3) is 6.39. The molecular weight excluding hydrogens is 388 g/mol. The fourth-order valence-electron chi connectivity index (χ4n) is 2.94. The van der Waals surface area contributed by atoms with E-state index in [4.69, 9.17) is 4.74 Å². The normalized spacial score (nSPS) is 11.4. The van der Waals surface area contributed by atoms with E-state index in [2.05, 4.69) is 43.3 Å². The van der Waals surface area contributed by atoms with Gasteiger partial charge in [0.15, 0.2) is 14.7 Å². The molecule has 2 nitrogen and oxygen atoms in total. The van der Waals surface area contributed by atoms with Gasteiger partial charge in [-0.25, -0.2) is 8.78 Å². The summed E-state index contributed by atoms with van der Waals surface area (Å²) in [5.41, 5.74) is 1.11. The van der Waals surface area contributed by atoms with Gasteiger partial charge < -0.3 is 9.64 Å². The van der Waals surface area contributed by atoms with Crippen molar-refractivity contribution in [3.8, 4) is 0 Å². The Morgan fingerprint density at radius 1 is 0.724 bits per heavy atom. The number of benzene rings is 3. The molecule has 0 saturated carbocycles. The average Bonchev–Trinajstić information content (AvgIpc) is 2.71. The molecular formula is C24H26F2NOS+. The topological polar surface area (TPSA) is 12.5 Å². The van der Waals surface area contributed by atoms with Gasteiger partial charge in [-0.2, -0.15) is 0 Å². The van der Waals surface area contributed by atoms with Crippen LogP contribution in [0, 0.1) is 11.6 Å². The number of rotatable bonds is 9. The van der Waals surface area contributed by atoms with Gasteiger partial charge in [0.05, 0.1) is 17.5 Å². The Bertz CT molecular complexity index is 835. The highest BCUT2D eigenvalue weighted by Gasteiger charge is 2.28. The molecule has 0 aliphatic rings. The summed E-state index contributed by atoms with van der Waals surface area (Å²) in [5.74, 6) is -0.531. The fraction of sp³-hybridized carbons (Fsp3) is 0.250. The summed E-state index contributed by atoms with van der Waals surface area (Å²) < 4.78 is 32.6. The molecule has 0 unspecified atom stereocenters. The third-order valence-electron chi connectivity index (χ3n) is 4.42. The van der Waals surface area contributed by atoms with Crippen LogP contribution in [0.15, 0.2) is 87.5 Å². The molecule has 0 aliphatic heterocycles. The molecule has 3 aromatic carbocycles. The van der Waals surface area contributed by atoms with Gasteiger partial charge in [-0.1, -0.05) is 12.1 Å². The van der Waals surface area contributed by atoms with Gasteiger partial charge >= 0.3 is 0 Å². The first-order valence-corrected chi connectivity index (χ1v) is 10.8. The Hall–Kier alpha value is -2.21. The van der Waals surface area contributed by atoms with Crippen LogP contribution in [-0.2, 0) is 22.2 Å². The van der Waals surface area contributed by atoms with Crippen molar-refractivity contribution >= 4 is 10.9 Å². The maximum absolute atomic E-state index is 13.4. The van der Waals surface area contributed by atoms with Gasteiger partial charge in [0.1, 0.15) is 11.6 Å². The van der Waals surface area contributed by atoms with E-state index in [0.29, 0.717) is 6.61 Å². The monoisotopic (exact) mass is 414 g/mol. The molecule has 5 heteroatoms. The van der Waals surface area contributed by atoms with Crippen molar-refractivity contribution in [2.75, 3.05) is 27.2 Å². The lowest BCUT2D eigenvalue weighted by molar-refractivity contribution is 0.113. The van der Waals surface area contributed by atoms with Gasteiger partial charge in [0, 0.05) is 6.61 Å². The summed E-state index contributed by atoms with van der Waals surface area (Å²) in [4.78, 5) is 5.22. The lowest BCUT2D eigenvalue weighted by Crippen LogP contribution is -2.14. The molecule has 0 saturated heterocycles. The number of hydrogen-bond donors (Lipinski definition) is 0. The fourth-order valence-corrected chi connectivity index (χ4v) is 4.99. The maximum atomic E-state index is 13.4. The number of hydrogen-bond acceptors (Lipinski definition) is 2. The molecule has 0 radical (unpaired) electrons. The van der Waals surface area contributed by atoms with Crippen molar-refractivity contribution in [1.82, 2.24) is 4.90 Å². The highest BCUT2D eigenvalue weighted by atomic mass is 32.2. The van der Waals surface area contributed by atoms with Crippen molar-refractivity contribution in [2.45, 2.75) is 27.7 Å². The third-order valence-corrected chi connectivity index (χ3v) is 6.65. The average molecular weight is 415 g/mol. The van der Waals surface area contributed by atoms with Crippen molar-refractivity contribution in [3.63, 3.8) is 0 Å². The van der Waals surface area contributed by atoms with Crippen LogP contribution < -0.4 is 0 Å². The zero-order chi connectivity index (χ0) is 20.6. The first kappa shape index (κ1) is 21.5. The lowest BCUT2D eigenvalue weighted by Gasteiger charge is -2.10. The summed E-state index contributed by atoms with van der Waals surface area (Å²) in [5, 5.41) is 0. The predicted octanol–water partition coefficient (Wildman–Crippen LogP) is 5.53. The minimum atomic E-state index is -0.433. The Balaban J connectivity index is 1.75. The van der Waals surface area contributed by atoms with Gasteiger partial charge in [-0.3, -0.25) is 0 Å². The highest BCUT2D eigenvalue weighted by molar-refractivity contribution is 7.97. The smallest absolute Gasteiger partial charge is 0.166 e. The summed E-state index contributed by atoms with van der Waals surface area (Å²) in [6.07, 6.45) is 1.00. The van der Waals surface area contributed by atoms with Gasteiger partial charge in [-0.05, 0) is 93.3 Å². The molecule has 3 aromatic rings. The van der Waals surface area contributed by atoms with Crippen LogP contribution in [0.2, 0.25) is 0 Å². The van der Waals surface area contributed by atoms with Crippen molar-refractivity contribution in [2.24, 2.45) is 0 Å². The molecule has 0 amide bonds. The van der Waals surface area contributed by atoms with Gasteiger partial charge in [-0.15, -0.1) is 0 Å². The van der Waals surface area contributed by atoms with Crippen LogP contribution in [0.5, 0.6) is 0 Å². The summed E-state index contributed by atoms with van der Waals surface area (Å²) in [6, 6.07) is 21.3. The van der Waals surface area contributed by atoms with E-state index in [1.165, 1.54) is 24.3 Å². The minimum absolute atomic E-state index is 0.266. The lowest BCUT2D eigenvalue weighted by atomic mass is 10.2. The molecule has 152 valence electrons. The van der Waals surface area contributed by atoms with Crippen LogP contribution in [0.25, 0.3) is 0 Å². The van der Waals surface area contributed by atoms with Crippen molar-refractivity contribution < 1.29 is 13.5 Å². The number of halogens is 2. The molecule has 0 aromatic heterocycles. The summed E-state index contributed by atoms with van der Waals surface area (Å²) in [6.45, 7) is 2.32. The second kappa shape index (κ2) is 10.5. The van der Waals surface area contributed by atoms with E-state index in [0.717, 1.165) is 39.8 Å².